The van der Waals surface area contributed by atoms with Gasteiger partial charge in [-0.25, -0.2) is 0 Å². The largest absolute Gasteiger partial charge is 0.299 e. The molecule has 0 N–H and O–H groups in total. The molecule has 1 heteroatoms. The van der Waals surface area contributed by atoms with Crippen LogP contribution in [0.3, 0.4) is 0 Å². The van der Waals surface area contributed by atoms with Crippen molar-refractivity contribution in [2.24, 2.45) is 11.8 Å². The molecule has 1 aliphatic carbocycles. The monoisotopic (exact) mass is 152 g/mol. The first-order valence-corrected chi connectivity index (χ1v) is 4.29. The van der Waals surface area contributed by atoms with Crippen LogP contribution >= 0.6 is 0 Å². The van der Waals surface area contributed by atoms with E-state index in [4.69, 9.17) is 0 Å². The molecule has 0 aromatic carbocycles. The van der Waals surface area contributed by atoms with Crippen molar-refractivity contribution in [1.29, 1.82) is 0 Å². The topological polar surface area (TPSA) is 17.1 Å². The maximum atomic E-state index is 11.3. The standard InChI is InChI=1S/C10H16O/c1-7(2)9-6-8(3)4-5-10(9)11/h8-9H,1,4-6H2,2-3H3. The van der Waals surface area contributed by atoms with Gasteiger partial charge < -0.3 is 0 Å². The predicted molar refractivity (Wildman–Crippen MR) is 46.3 cm³/mol. The Hall–Kier alpha value is -0.590. The summed E-state index contributed by atoms with van der Waals surface area (Å²) in [5.41, 5.74) is 1.04. The van der Waals surface area contributed by atoms with E-state index < -0.39 is 0 Å². The molecule has 0 saturated heterocycles. The Kier molecular flexibility index (Phi) is 2.48. The molecule has 2 unspecified atom stereocenters. The molecule has 62 valence electrons. The highest BCUT2D eigenvalue weighted by molar-refractivity contribution is 5.84. The summed E-state index contributed by atoms with van der Waals surface area (Å²) in [5.74, 6) is 1.27. The van der Waals surface area contributed by atoms with Crippen LogP contribution in [0.2, 0.25) is 0 Å². The van der Waals surface area contributed by atoms with E-state index in [0.29, 0.717) is 11.7 Å². The highest BCUT2D eigenvalue weighted by Gasteiger charge is 2.26. The smallest absolute Gasteiger partial charge is 0.139 e. The molecule has 2 atom stereocenters. The molecule has 0 aliphatic heterocycles. The zero-order valence-electron chi connectivity index (χ0n) is 7.39. The first kappa shape index (κ1) is 8.51. The SMILES string of the molecule is C=C(C)C1CC(C)CCC1=O. The third kappa shape index (κ3) is 1.92. The Morgan fingerprint density at radius 2 is 2.27 bits per heavy atom. The van der Waals surface area contributed by atoms with Crippen molar-refractivity contribution in [3.63, 3.8) is 0 Å². The second-order valence-corrected chi connectivity index (χ2v) is 3.74. The van der Waals surface area contributed by atoms with Gasteiger partial charge in [-0.05, 0) is 25.7 Å². The van der Waals surface area contributed by atoms with Crippen molar-refractivity contribution in [1.82, 2.24) is 0 Å². The maximum absolute atomic E-state index is 11.3. The summed E-state index contributed by atoms with van der Waals surface area (Å²) in [4.78, 5) is 11.3. The van der Waals surface area contributed by atoms with E-state index >= 15 is 0 Å². The number of carbonyl (C=O) groups is 1. The second-order valence-electron chi connectivity index (χ2n) is 3.74. The van der Waals surface area contributed by atoms with E-state index in [0.717, 1.165) is 24.8 Å². The lowest BCUT2D eigenvalue weighted by molar-refractivity contribution is -0.124. The lowest BCUT2D eigenvalue weighted by atomic mass is 9.78. The van der Waals surface area contributed by atoms with Crippen LogP contribution in [0.15, 0.2) is 12.2 Å². The van der Waals surface area contributed by atoms with Gasteiger partial charge in [0.25, 0.3) is 0 Å². The predicted octanol–water partition coefficient (Wildman–Crippen LogP) is 2.57. The molecule has 0 bridgehead atoms. The molecule has 1 saturated carbocycles. The number of hydrogen-bond donors (Lipinski definition) is 0. The summed E-state index contributed by atoms with van der Waals surface area (Å²) < 4.78 is 0. The average molecular weight is 152 g/mol. The van der Waals surface area contributed by atoms with Crippen molar-refractivity contribution in [2.75, 3.05) is 0 Å². The van der Waals surface area contributed by atoms with Gasteiger partial charge in [-0.3, -0.25) is 4.79 Å². The van der Waals surface area contributed by atoms with Crippen LogP contribution in [0.1, 0.15) is 33.1 Å². The fourth-order valence-electron chi connectivity index (χ4n) is 1.69. The summed E-state index contributed by atoms with van der Waals surface area (Å²) >= 11 is 0. The quantitative estimate of drug-likeness (QED) is 0.528. The van der Waals surface area contributed by atoms with E-state index in [-0.39, 0.29) is 5.92 Å². The zero-order valence-corrected chi connectivity index (χ0v) is 7.39. The molecule has 0 aromatic heterocycles. The normalized spacial score (nSPS) is 32.0. The third-order valence-electron chi connectivity index (χ3n) is 2.51. The number of hydrogen-bond acceptors (Lipinski definition) is 1. The molecule has 0 heterocycles. The van der Waals surface area contributed by atoms with Gasteiger partial charge in [0.05, 0.1) is 0 Å². The Balaban J connectivity index is 2.61. The van der Waals surface area contributed by atoms with Gasteiger partial charge >= 0.3 is 0 Å². The summed E-state index contributed by atoms with van der Waals surface area (Å²) in [7, 11) is 0. The number of Topliss-reactive ketones (excluding diaryl/α,β-unsaturated/α-hetero) is 1. The van der Waals surface area contributed by atoms with Gasteiger partial charge in [0.2, 0.25) is 0 Å². The summed E-state index contributed by atoms with van der Waals surface area (Å²) in [6.45, 7) is 8.01. The molecular formula is C10H16O. The average Bonchev–Trinajstić information content (AvgIpc) is 1.94. The molecule has 0 radical (unpaired) electrons. The van der Waals surface area contributed by atoms with Crippen molar-refractivity contribution in [3.8, 4) is 0 Å². The Bertz CT molecular complexity index is 181. The molecule has 1 fully saturated rings. The van der Waals surface area contributed by atoms with E-state index in [9.17, 15) is 4.79 Å². The molecule has 0 aromatic rings. The van der Waals surface area contributed by atoms with Gasteiger partial charge in [-0.2, -0.15) is 0 Å². The summed E-state index contributed by atoms with van der Waals surface area (Å²) in [5, 5.41) is 0. The van der Waals surface area contributed by atoms with Gasteiger partial charge in [0.1, 0.15) is 5.78 Å². The number of ketones is 1. The van der Waals surface area contributed by atoms with E-state index in [1.807, 2.05) is 6.92 Å². The second kappa shape index (κ2) is 3.21. The first-order chi connectivity index (χ1) is 5.11. The molecular weight excluding hydrogens is 136 g/mol. The van der Waals surface area contributed by atoms with Crippen molar-refractivity contribution in [3.05, 3.63) is 12.2 Å². The van der Waals surface area contributed by atoms with Gasteiger partial charge in [-0.1, -0.05) is 19.1 Å². The Morgan fingerprint density at radius 1 is 1.64 bits per heavy atom. The van der Waals surface area contributed by atoms with Crippen molar-refractivity contribution >= 4 is 5.78 Å². The molecule has 0 amide bonds. The van der Waals surface area contributed by atoms with Gasteiger partial charge in [0.15, 0.2) is 0 Å². The van der Waals surface area contributed by atoms with Crippen LogP contribution in [0.5, 0.6) is 0 Å². The minimum absolute atomic E-state index is 0.166. The first-order valence-electron chi connectivity index (χ1n) is 4.29. The lowest BCUT2D eigenvalue weighted by Gasteiger charge is -2.25. The van der Waals surface area contributed by atoms with Crippen molar-refractivity contribution in [2.45, 2.75) is 33.1 Å². The minimum atomic E-state index is 0.166. The Labute approximate surface area is 68.5 Å². The fraction of sp³-hybridized carbons (Fsp3) is 0.700. The number of allylic oxidation sites excluding steroid dienone is 1. The fourth-order valence-corrected chi connectivity index (χ4v) is 1.69. The molecule has 1 rings (SSSR count). The van der Waals surface area contributed by atoms with Gasteiger partial charge in [-0.15, -0.1) is 0 Å². The lowest BCUT2D eigenvalue weighted by Crippen LogP contribution is -2.24. The number of carbonyl (C=O) groups excluding carboxylic acids is 1. The van der Waals surface area contributed by atoms with Crippen LogP contribution in [0.25, 0.3) is 0 Å². The van der Waals surface area contributed by atoms with Crippen LogP contribution < -0.4 is 0 Å². The molecule has 1 aliphatic rings. The molecule has 11 heavy (non-hydrogen) atoms. The van der Waals surface area contributed by atoms with Gasteiger partial charge in [0, 0.05) is 12.3 Å². The van der Waals surface area contributed by atoms with E-state index in [2.05, 4.69) is 13.5 Å². The van der Waals surface area contributed by atoms with Crippen molar-refractivity contribution < 1.29 is 4.79 Å². The van der Waals surface area contributed by atoms with Crippen LogP contribution in [-0.4, -0.2) is 5.78 Å². The molecule has 1 nitrogen and oxygen atoms in total. The Morgan fingerprint density at radius 3 is 2.73 bits per heavy atom. The summed E-state index contributed by atoms with van der Waals surface area (Å²) in [6.07, 6.45) is 2.86. The molecule has 0 spiro atoms. The highest BCUT2D eigenvalue weighted by Crippen LogP contribution is 2.29. The zero-order chi connectivity index (χ0) is 8.43. The van der Waals surface area contributed by atoms with E-state index in [1.165, 1.54) is 0 Å². The third-order valence-corrected chi connectivity index (χ3v) is 2.51. The summed E-state index contributed by atoms with van der Waals surface area (Å²) in [6, 6.07) is 0. The number of rotatable bonds is 1. The highest BCUT2D eigenvalue weighted by atomic mass is 16.1. The van der Waals surface area contributed by atoms with Crippen LogP contribution in [-0.2, 0) is 4.79 Å². The van der Waals surface area contributed by atoms with Crippen LogP contribution in [0, 0.1) is 11.8 Å². The minimum Gasteiger partial charge on any atom is -0.299 e. The van der Waals surface area contributed by atoms with E-state index in [1.54, 1.807) is 0 Å². The van der Waals surface area contributed by atoms with Crippen LogP contribution in [0.4, 0.5) is 0 Å². The maximum Gasteiger partial charge on any atom is 0.139 e.